The summed E-state index contributed by atoms with van der Waals surface area (Å²) in [4.78, 5) is 18.3. The lowest BCUT2D eigenvalue weighted by Gasteiger charge is -2.29. The third-order valence-corrected chi connectivity index (χ3v) is 8.07. The van der Waals surface area contributed by atoms with E-state index < -0.39 is 12.3 Å². The SMILES string of the molecule is Cc1ccc(OCc2ccc(-c3ccc(OC(F)(F)F)cc3)cc2C)c(-c2csc(N3CCC(C(=O)O)CC3)n2)c1. The molecule has 0 radical (unpaired) electrons. The molecule has 1 fully saturated rings. The quantitative estimate of drug-likeness (QED) is 0.228. The molecule has 1 N–H and O–H groups in total. The number of alkyl halides is 3. The van der Waals surface area contributed by atoms with Gasteiger partial charge in [0.05, 0.1) is 11.6 Å². The second-order valence-corrected chi connectivity index (χ2v) is 11.0. The van der Waals surface area contributed by atoms with E-state index in [9.17, 15) is 23.1 Å². The largest absolute Gasteiger partial charge is 0.573 e. The first-order valence-corrected chi connectivity index (χ1v) is 14.1. The second-order valence-electron chi connectivity index (χ2n) is 10.1. The van der Waals surface area contributed by atoms with Crippen molar-refractivity contribution in [2.24, 2.45) is 5.92 Å². The summed E-state index contributed by atoms with van der Waals surface area (Å²) < 4.78 is 47.6. The third kappa shape index (κ3) is 7.00. The van der Waals surface area contributed by atoms with E-state index in [1.807, 2.05) is 55.6 Å². The van der Waals surface area contributed by atoms with Crippen LogP contribution in [-0.2, 0) is 11.4 Å². The van der Waals surface area contributed by atoms with Gasteiger partial charge in [0, 0.05) is 24.0 Å². The second kappa shape index (κ2) is 11.8. The summed E-state index contributed by atoms with van der Waals surface area (Å²) in [5.41, 5.74) is 6.42. The van der Waals surface area contributed by atoms with Gasteiger partial charge in [-0.25, -0.2) is 4.98 Å². The summed E-state index contributed by atoms with van der Waals surface area (Å²) in [6.45, 7) is 5.66. The smallest absolute Gasteiger partial charge is 0.488 e. The maximum atomic E-state index is 12.5. The molecule has 3 aromatic carbocycles. The molecular formula is C31H29F3N2O4S. The Labute approximate surface area is 240 Å². The molecule has 1 saturated heterocycles. The number of carboxylic acid groups (broad SMARTS) is 1. The summed E-state index contributed by atoms with van der Waals surface area (Å²) in [7, 11) is 0. The minimum atomic E-state index is -4.72. The number of benzene rings is 3. The number of carbonyl (C=O) groups is 1. The molecule has 0 unspecified atom stereocenters. The van der Waals surface area contributed by atoms with Gasteiger partial charge < -0.3 is 19.5 Å². The van der Waals surface area contributed by atoms with Crippen molar-refractivity contribution in [3.63, 3.8) is 0 Å². The zero-order valence-electron chi connectivity index (χ0n) is 22.6. The maximum absolute atomic E-state index is 12.5. The van der Waals surface area contributed by atoms with Crippen LogP contribution in [0.1, 0.15) is 29.5 Å². The number of nitrogens with zero attached hydrogens (tertiary/aromatic N) is 2. The summed E-state index contributed by atoms with van der Waals surface area (Å²) in [5, 5.41) is 12.2. The molecule has 0 atom stereocenters. The molecule has 1 aromatic heterocycles. The number of thiazole rings is 1. The minimum Gasteiger partial charge on any atom is -0.488 e. The highest BCUT2D eigenvalue weighted by Crippen LogP contribution is 2.36. The van der Waals surface area contributed by atoms with Gasteiger partial charge in [-0.15, -0.1) is 24.5 Å². The van der Waals surface area contributed by atoms with E-state index in [0.717, 1.165) is 44.2 Å². The van der Waals surface area contributed by atoms with Gasteiger partial charge in [-0.1, -0.05) is 42.0 Å². The Balaban J connectivity index is 1.28. The Morgan fingerprint density at radius 3 is 2.39 bits per heavy atom. The zero-order chi connectivity index (χ0) is 29.1. The fourth-order valence-corrected chi connectivity index (χ4v) is 5.74. The van der Waals surface area contributed by atoms with Crippen molar-refractivity contribution in [3.05, 3.63) is 82.7 Å². The van der Waals surface area contributed by atoms with E-state index in [1.54, 1.807) is 23.5 Å². The standard InChI is InChI=1S/C31H29F3N2O4S/c1-19-3-10-28(26(15-19)27-18-41-30(35-27)36-13-11-22(12-14-36)29(37)38)39-17-24-5-4-23(16-20(24)2)21-6-8-25(9-7-21)40-31(32,33)34/h3-10,15-16,18,22H,11-14,17H2,1-2H3,(H,37,38). The van der Waals surface area contributed by atoms with Gasteiger partial charge in [-0.3, -0.25) is 4.79 Å². The average molecular weight is 583 g/mol. The van der Waals surface area contributed by atoms with Crippen LogP contribution in [0.25, 0.3) is 22.4 Å². The van der Waals surface area contributed by atoms with E-state index in [-0.39, 0.29) is 11.7 Å². The number of aromatic nitrogens is 1. The van der Waals surface area contributed by atoms with Crippen molar-refractivity contribution in [1.82, 2.24) is 4.98 Å². The number of halogens is 3. The number of rotatable bonds is 8. The van der Waals surface area contributed by atoms with Gasteiger partial charge in [0.2, 0.25) is 0 Å². The summed E-state index contributed by atoms with van der Waals surface area (Å²) in [6.07, 6.45) is -3.50. The van der Waals surface area contributed by atoms with Gasteiger partial charge in [0.15, 0.2) is 5.13 Å². The predicted octanol–water partition coefficient (Wildman–Crippen LogP) is 7.87. The van der Waals surface area contributed by atoms with E-state index in [2.05, 4.69) is 9.64 Å². The fourth-order valence-electron chi connectivity index (χ4n) is 4.86. The Morgan fingerprint density at radius 1 is 1.02 bits per heavy atom. The molecule has 10 heteroatoms. The first kappa shape index (κ1) is 28.5. The van der Waals surface area contributed by atoms with E-state index in [1.165, 1.54) is 12.1 Å². The van der Waals surface area contributed by atoms with Crippen LogP contribution in [-0.4, -0.2) is 35.5 Å². The number of aryl methyl sites for hydroxylation is 2. The lowest BCUT2D eigenvalue weighted by molar-refractivity contribution is -0.274. The number of carboxylic acids is 1. The molecule has 41 heavy (non-hydrogen) atoms. The van der Waals surface area contributed by atoms with Crippen LogP contribution >= 0.6 is 11.3 Å². The highest BCUT2D eigenvalue weighted by atomic mass is 32.1. The molecule has 2 heterocycles. The Hall–Kier alpha value is -4.05. The van der Waals surface area contributed by atoms with Crippen molar-refractivity contribution < 1.29 is 32.5 Å². The van der Waals surface area contributed by atoms with Crippen LogP contribution in [0.3, 0.4) is 0 Å². The van der Waals surface area contributed by atoms with Crippen molar-refractivity contribution in [2.45, 2.75) is 39.7 Å². The van der Waals surface area contributed by atoms with Gasteiger partial charge in [-0.2, -0.15) is 0 Å². The first-order chi connectivity index (χ1) is 19.6. The molecule has 0 saturated carbocycles. The van der Waals surface area contributed by atoms with Crippen LogP contribution in [0.4, 0.5) is 18.3 Å². The molecular weight excluding hydrogens is 553 g/mol. The van der Waals surface area contributed by atoms with Gasteiger partial charge in [-0.05, 0) is 73.2 Å². The predicted molar refractivity (Wildman–Crippen MR) is 152 cm³/mol. The Morgan fingerprint density at radius 2 is 1.73 bits per heavy atom. The monoisotopic (exact) mass is 582 g/mol. The number of ether oxygens (including phenoxy) is 2. The van der Waals surface area contributed by atoms with Crippen molar-refractivity contribution >= 4 is 22.4 Å². The van der Waals surface area contributed by atoms with Crippen molar-refractivity contribution in [3.8, 4) is 33.9 Å². The fraction of sp³-hybridized carbons (Fsp3) is 0.290. The number of piperidine rings is 1. The summed E-state index contributed by atoms with van der Waals surface area (Å²) in [6, 6.07) is 17.6. The summed E-state index contributed by atoms with van der Waals surface area (Å²) in [5.74, 6) is -0.574. The molecule has 0 spiro atoms. The topological polar surface area (TPSA) is 71.9 Å². The summed E-state index contributed by atoms with van der Waals surface area (Å²) >= 11 is 1.54. The van der Waals surface area contributed by atoms with Crippen LogP contribution < -0.4 is 14.4 Å². The molecule has 6 nitrogen and oxygen atoms in total. The van der Waals surface area contributed by atoms with Crippen molar-refractivity contribution in [2.75, 3.05) is 18.0 Å². The normalized spacial score (nSPS) is 14.2. The molecule has 1 aliphatic heterocycles. The van der Waals surface area contributed by atoms with Crippen LogP contribution in [0.5, 0.6) is 11.5 Å². The number of hydrogen-bond donors (Lipinski definition) is 1. The van der Waals surface area contributed by atoms with Crippen LogP contribution in [0.15, 0.2) is 66.0 Å². The van der Waals surface area contributed by atoms with Crippen LogP contribution in [0, 0.1) is 19.8 Å². The van der Waals surface area contributed by atoms with E-state index >= 15 is 0 Å². The zero-order valence-corrected chi connectivity index (χ0v) is 23.4. The van der Waals surface area contributed by atoms with E-state index in [0.29, 0.717) is 38.3 Å². The molecule has 214 valence electrons. The van der Waals surface area contributed by atoms with Gasteiger partial charge in [0.25, 0.3) is 0 Å². The van der Waals surface area contributed by atoms with Crippen molar-refractivity contribution in [1.29, 1.82) is 0 Å². The molecule has 0 bridgehead atoms. The molecule has 1 aliphatic rings. The van der Waals surface area contributed by atoms with Gasteiger partial charge in [0.1, 0.15) is 18.1 Å². The Bertz CT molecular complexity index is 1530. The highest BCUT2D eigenvalue weighted by molar-refractivity contribution is 7.14. The first-order valence-electron chi connectivity index (χ1n) is 13.2. The van der Waals surface area contributed by atoms with Gasteiger partial charge >= 0.3 is 12.3 Å². The maximum Gasteiger partial charge on any atom is 0.573 e. The molecule has 4 aromatic rings. The number of hydrogen-bond acceptors (Lipinski definition) is 6. The van der Waals surface area contributed by atoms with Crippen LogP contribution in [0.2, 0.25) is 0 Å². The molecule has 5 rings (SSSR count). The average Bonchev–Trinajstić information content (AvgIpc) is 3.43. The minimum absolute atomic E-state index is 0.258. The molecule has 0 aliphatic carbocycles. The lowest BCUT2D eigenvalue weighted by Crippen LogP contribution is -2.36. The molecule has 0 amide bonds. The number of anilines is 1. The number of aliphatic carboxylic acids is 1. The lowest BCUT2D eigenvalue weighted by atomic mass is 9.97. The highest BCUT2D eigenvalue weighted by Gasteiger charge is 2.31. The van der Waals surface area contributed by atoms with E-state index in [4.69, 9.17) is 9.72 Å². The third-order valence-electron chi connectivity index (χ3n) is 7.16. The Kier molecular flexibility index (Phi) is 8.21.